The Hall–Kier alpha value is -1.67. The van der Waals surface area contributed by atoms with Gasteiger partial charge in [0.25, 0.3) is 0 Å². The van der Waals surface area contributed by atoms with Crippen molar-refractivity contribution in [1.82, 2.24) is 5.32 Å². The van der Waals surface area contributed by atoms with Crippen molar-refractivity contribution in [3.05, 3.63) is 70.0 Å². The molecule has 0 aliphatic rings. The summed E-state index contributed by atoms with van der Waals surface area (Å²) in [5.74, 6) is -0.105. The van der Waals surface area contributed by atoms with Gasteiger partial charge in [-0.05, 0) is 50.4 Å². The van der Waals surface area contributed by atoms with Gasteiger partial charge in [0.2, 0.25) is 0 Å². The standard InChI is InChI=1S/C19H24FN/c1-5-11-21-19(16-10-9-13(2)12-15(16)4)17-8-6-7-14(3)18(17)20/h6-10,12,19,21H,5,11H2,1-4H3. The molecule has 2 rings (SSSR count). The average Bonchev–Trinajstić information content (AvgIpc) is 2.45. The van der Waals surface area contributed by atoms with E-state index in [0.717, 1.165) is 24.1 Å². The predicted molar refractivity (Wildman–Crippen MR) is 87.2 cm³/mol. The number of aryl methyl sites for hydroxylation is 3. The minimum atomic E-state index is -0.105. The molecule has 0 aliphatic carbocycles. The fourth-order valence-electron chi connectivity index (χ4n) is 2.72. The molecule has 0 saturated heterocycles. The molecule has 2 aromatic rings. The number of hydrogen-bond acceptors (Lipinski definition) is 1. The van der Waals surface area contributed by atoms with Crippen molar-refractivity contribution in [3.8, 4) is 0 Å². The summed E-state index contributed by atoms with van der Waals surface area (Å²) in [7, 11) is 0. The van der Waals surface area contributed by atoms with E-state index in [0.29, 0.717) is 5.56 Å². The average molecular weight is 285 g/mol. The molecule has 1 unspecified atom stereocenters. The molecule has 0 radical (unpaired) electrons. The third-order valence-electron chi connectivity index (χ3n) is 3.87. The second-order valence-electron chi connectivity index (χ2n) is 5.73. The van der Waals surface area contributed by atoms with E-state index in [1.54, 1.807) is 0 Å². The number of rotatable bonds is 5. The summed E-state index contributed by atoms with van der Waals surface area (Å²) >= 11 is 0. The maximum Gasteiger partial charge on any atom is 0.131 e. The van der Waals surface area contributed by atoms with Crippen LogP contribution in [-0.2, 0) is 0 Å². The van der Waals surface area contributed by atoms with E-state index in [-0.39, 0.29) is 11.9 Å². The Balaban J connectivity index is 2.49. The first-order valence-corrected chi connectivity index (χ1v) is 7.60. The highest BCUT2D eigenvalue weighted by Gasteiger charge is 2.19. The molecular weight excluding hydrogens is 261 g/mol. The van der Waals surface area contributed by atoms with E-state index in [1.807, 2.05) is 25.1 Å². The first-order valence-electron chi connectivity index (χ1n) is 7.60. The Morgan fingerprint density at radius 3 is 2.43 bits per heavy atom. The van der Waals surface area contributed by atoms with Crippen LogP contribution in [0.1, 0.15) is 47.2 Å². The Morgan fingerprint density at radius 1 is 1.00 bits per heavy atom. The van der Waals surface area contributed by atoms with Gasteiger partial charge < -0.3 is 5.32 Å². The monoisotopic (exact) mass is 285 g/mol. The van der Waals surface area contributed by atoms with Crippen LogP contribution < -0.4 is 5.32 Å². The minimum absolute atomic E-state index is 0.0922. The molecule has 0 aromatic heterocycles. The normalized spacial score (nSPS) is 12.4. The lowest BCUT2D eigenvalue weighted by Crippen LogP contribution is -2.25. The molecule has 0 saturated carbocycles. The van der Waals surface area contributed by atoms with Gasteiger partial charge in [-0.25, -0.2) is 4.39 Å². The molecule has 21 heavy (non-hydrogen) atoms. The lowest BCUT2D eigenvalue weighted by Gasteiger charge is -2.23. The van der Waals surface area contributed by atoms with Crippen LogP contribution in [0.15, 0.2) is 36.4 Å². The molecular formula is C19H24FN. The van der Waals surface area contributed by atoms with Crippen LogP contribution in [0.25, 0.3) is 0 Å². The fourth-order valence-corrected chi connectivity index (χ4v) is 2.72. The molecule has 0 heterocycles. The second kappa shape index (κ2) is 6.86. The van der Waals surface area contributed by atoms with Gasteiger partial charge in [0.05, 0.1) is 6.04 Å². The summed E-state index contributed by atoms with van der Waals surface area (Å²) in [6, 6.07) is 11.9. The molecule has 1 atom stereocenters. The maximum absolute atomic E-state index is 14.5. The molecule has 0 amide bonds. The highest BCUT2D eigenvalue weighted by molar-refractivity contribution is 5.40. The highest BCUT2D eigenvalue weighted by atomic mass is 19.1. The van der Waals surface area contributed by atoms with Gasteiger partial charge in [-0.1, -0.05) is 48.9 Å². The zero-order valence-corrected chi connectivity index (χ0v) is 13.3. The van der Waals surface area contributed by atoms with Crippen molar-refractivity contribution in [2.75, 3.05) is 6.54 Å². The molecule has 1 N–H and O–H groups in total. The van der Waals surface area contributed by atoms with E-state index < -0.39 is 0 Å². The third-order valence-corrected chi connectivity index (χ3v) is 3.87. The highest BCUT2D eigenvalue weighted by Crippen LogP contribution is 2.28. The smallest absolute Gasteiger partial charge is 0.131 e. The third kappa shape index (κ3) is 3.51. The fraction of sp³-hybridized carbons (Fsp3) is 0.368. The number of nitrogens with one attached hydrogen (secondary N) is 1. The Kier molecular flexibility index (Phi) is 5.13. The topological polar surface area (TPSA) is 12.0 Å². The Bertz CT molecular complexity index is 619. The van der Waals surface area contributed by atoms with Crippen LogP contribution >= 0.6 is 0 Å². The first kappa shape index (κ1) is 15.7. The summed E-state index contributed by atoms with van der Waals surface area (Å²) in [6.45, 7) is 8.98. The van der Waals surface area contributed by atoms with Crippen LogP contribution in [-0.4, -0.2) is 6.54 Å². The molecule has 0 aliphatic heterocycles. The summed E-state index contributed by atoms with van der Waals surface area (Å²) < 4.78 is 14.5. The van der Waals surface area contributed by atoms with Gasteiger partial charge >= 0.3 is 0 Å². The van der Waals surface area contributed by atoms with Gasteiger partial charge in [0, 0.05) is 5.56 Å². The van der Waals surface area contributed by atoms with E-state index in [2.05, 4.69) is 44.3 Å². The molecule has 112 valence electrons. The summed E-state index contributed by atoms with van der Waals surface area (Å²) in [4.78, 5) is 0. The molecule has 0 bridgehead atoms. The molecule has 0 spiro atoms. The van der Waals surface area contributed by atoms with E-state index in [4.69, 9.17) is 0 Å². The molecule has 0 fully saturated rings. The van der Waals surface area contributed by atoms with Gasteiger partial charge in [-0.15, -0.1) is 0 Å². The zero-order chi connectivity index (χ0) is 15.4. The van der Waals surface area contributed by atoms with Crippen LogP contribution in [0.4, 0.5) is 4.39 Å². The van der Waals surface area contributed by atoms with Gasteiger partial charge in [-0.2, -0.15) is 0 Å². The lowest BCUT2D eigenvalue weighted by molar-refractivity contribution is 0.541. The van der Waals surface area contributed by atoms with Crippen molar-refractivity contribution < 1.29 is 4.39 Å². The lowest BCUT2D eigenvalue weighted by atomic mass is 9.92. The van der Waals surface area contributed by atoms with Gasteiger partial charge in [-0.3, -0.25) is 0 Å². The largest absolute Gasteiger partial charge is 0.306 e. The van der Waals surface area contributed by atoms with Crippen molar-refractivity contribution in [1.29, 1.82) is 0 Å². The van der Waals surface area contributed by atoms with E-state index in [9.17, 15) is 4.39 Å². The van der Waals surface area contributed by atoms with Crippen molar-refractivity contribution in [2.45, 2.75) is 40.2 Å². The zero-order valence-electron chi connectivity index (χ0n) is 13.3. The van der Waals surface area contributed by atoms with Crippen LogP contribution in [0.5, 0.6) is 0 Å². The Labute approximate surface area is 127 Å². The van der Waals surface area contributed by atoms with Gasteiger partial charge in [0.1, 0.15) is 5.82 Å². The number of hydrogen-bond donors (Lipinski definition) is 1. The van der Waals surface area contributed by atoms with Crippen LogP contribution in [0, 0.1) is 26.6 Å². The van der Waals surface area contributed by atoms with Gasteiger partial charge in [0.15, 0.2) is 0 Å². The number of halogens is 1. The van der Waals surface area contributed by atoms with E-state index in [1.165, 1.54) is 11.1 Å². The molecule has 1 nitrogen and oxygen atoms in total. The summed E-state index contributed by atoms with van der Waals surface area (Å²) in [6.07, 6.45) is 1.02. The SMILES string of the molecule is CCCNC(c1ccc(C)cc1C)c1cccc(C)c1F. The maximum atomic E-state index is 14.5. The quantitative estimate of drug-likeness (QED) is 0.829. The minimum Gasteiger partial charge on any atom is -0.306 e. The molecule has 2 aromatic carbocycles. The van der Waals surface area contributed by atoms with Crippen molar-refractivity contribution in [3.63, 3.8) is 0 Å². The van der Waals surface area contributed by atoms with Crippen LogP contribution in [0.3, 0.4) is 0 Å². The summed E-state index contributed by atoms with van der Waals surface area (Å²) in [5.41, 5.74) is 5.01. The second-order valence-corrected chi connectivity index (χ2v) is 5.73. The van der Waals surface area contributed by atoms with Crippen molar-refractivity contribution in [2.24, 2.45) is 0 Å². The van der Waals surface area contributed by atoms with E-state index >= 15 is 0 Å². The number of benzene rings is 2. The predicted octanol–water partition coefficient (Wildman–Crippen LogP) is 4.84. The van der Waals surface area contributed by atoms with Crippen LogP contribution in [0.2, 0.25) is 0 Å². The molecule has 2 heteroatoms. The Morgan fingerprint density at radius 2 is 1.76 bits per heavy atom. The summed E-state index contributed by atoms with van der Waals surface area (Å²) in [5, 5.41) is 3.49. The first-order chi connectivity index (χ1) is 10.0. The van der Waals surface area contributed by atoms with Crippen molar-refractivity contribution >= 4 is 0 Å².